The van der Waals surface area contributed by atoms with Crippen molar-refractivity contribution in [3.8, 4) is 16.9 Å². The van der Waals surface area contributed by atoms with E-state index in [1.807, 2.05) is 18.2 Å². The number of rotatable bonds is 8. The number of halogens is 1. The largest absolute Gasteiger partial charge is 0.493 e. The van der Waals surface area contributed by atoms with Gasteiger partial charge in [-0.05, 0) is 31.0 Å². The van der Waals surface area contributed by atoms with Crippen LogP contribution in [-0.4, -0.2) is 13.2 Å². The summed E-state index contributed by atoms with van der Waals surface area (Å²) in [5, 5.41) is 0. The maximum absolute atomic E-state index is 5.94. The molecular formula is C18H24ClNO. The molecule has 21 heavy (non-hydrogen) atoms. The summed E-state index contributed by atoms with van der Waals surface area (Å²) in [4.78, 5) is 0. The van der Waals surface area contributed by atoms with E-state index in [-0.39, 0.29) is 12.4 Å². The first-order valence-electron chi connectivity index (χ1n) is 7.39. The quantitative estimate of drug-likeness (QED) is 0.719. The molecule has 2 nitrogen and oxygen atoms in total. The molecular weight excluding hydrogens is 282 g/mol. The Balaban J connectivity index is 0.00000220. The van der Waals surface area contributed by atoms with E-state index in [1.165, 1.54) is 18.4 Å². The molecule has 0 aromatic heterocycles. The number of hydrogen-bond donors (Lipinski definition) is 1. The van der Waals surface area contributed by atoms with E-state index in [0.29, 0.717) is 0 Å². The van der Waals surface area contributed by atoms with Gasteiger partial charge in [-0.25, -0.2) is 0 Å². The molecule has 0 aliphatic rings. The van der Waals surface area contributed by atoms with Crippen LogP contribution in [0.15, 0.2) is 54.6 Å². The average Bonchev–Trinajstić information content (AvgIpc) is 2.52. The van der Waals surface area contributed by atoms with Crippen LogP contribution in [0, 0.1) is 0 Å². The van der Waals surface area contributed by atoms with Gasteiger partial charge in [0.1, 0.15) is 5.75 Å². The van der Waals surface area contributed by atoms with Crippen LogP contribution in [0.3, 0.4) is 0 Å². The summed E-state index contributed by atoms with van der Waals surface area (Å²) in [5.41, 5.74) is 7.85. The monoisotopic (exact) mass is 305 g/mol. The van der Waals surface area contributed by atoms with Gasteiger partial charge < -0.3 is 10.5 Å². The Morgan fingerprint density at radius 3 is 2.19 bits per heavy atom. The Morgan fingerprint density at radius 2 is 1.43 bits per heavy atom. The molecule has 0 radical (unpaired) electrons. The van der Waals surface area contributed by atoms with E-state index >= 15 is 0 Å². The fourth-order valence-electron chi connectivity index (χ4n) is 2.23. The standard InChI is InChI=1S/C18H23NO.ClH/c19-14-8-1-2-9-15-20-18-13-7-6-12-17(18)16-10-4-3-5-11-16;/h3-7,10-13H,1-2,8-9,14-15,19H2;1H. The lowest BCUT2D eigenvalue weighted by Gasteiger charge is -2.11. The molecule has 3 heteroatoms. The first-order chi connectivity index (χ1) is 9.92. The molecule has 0 unspecified atom stereocenters. The highest BCUT2D eigenvalue weighted by Crippen LogP contribution is 2.29. The normalized spacial score (nSPS) is 9.95. The summed E-state index contributed by atoms with van der Waals surface area (Å²) < 4.78 is 5.94. The van der Waals surface area contributed by atoms with Gasteiger partial charge in [0, 0.05) is 5.56 Å². The number of para-hydroxylation sites is 1. The predicted molar refractivity (Wildman–Crippen MR) is 92.1 cm³/mol. The second kappa shape index (κ2) is 10.3. The fourth-order valence-corrected chi connectivity index (χ4v) is 2.23. The van der Waals surface area contributed by atoms with Gasteiger partial charge in [0.05, 0.1) is 6.61 Å². The zero-order valence-corrected chi connectivity index (χ0v) is 13.1. The summed E-state index contributed by atoms with van der Waals surface area (Å²) in [6.45, 7) is 1.56. The van der Waals surface area contributed by atoms with Crippen molar-refractivity contribution in [3.63, 3.8) is 0 Å². The fraction of sp³-hybridized carbons (Fsp3) is 0.333. The van der Waals surface area contributed by atoms with E-state index in [4.69, 9.17) is 10.5 Å². The third kappa shape index (κ3) is 5.78. The molecule has 0 saturated carbocycles. The predicted octanol–water partition coefficient (Wildman–Crippen LogP) is 4.67. The topological polar surface area (TPSA) is 35.2 Å². The summed E-state index contributed by atoms with van der Waals surface area (Å²) in [5.74, 6) is 0.970. The summed E-state index contributed by atoms with van der Waals surface area (Å²) in [6, 6.07) is 18.6. The van der Waals surface area contributed by atoms with Gasteiger partial charge in [0.25, 0.3) is 0 Å². The molecule has 2 N–H and O–H groups in total. The van der Waals surface area contributed by atoms with E-state index in [1.54, 1.807) is 0 Å². The van der Waals surface area contributed by atoms with Gasteiger partial charge in [-0.15, -0.1) is 12.4 Å². The maximum atomic E-state index is 5.94. The molecule has 0 amide bonds. The number of nitrogens with two attached hydrogens (primary N) is 1. The van der Waals surface area contributed by atoms with Gasteiger partial charge in [0.15, 0.2) is 0 Å². The highest BCUT2D eigenvalue weighted by Gasteiger charge is 2.04. The van der Waals surface area contributed by atoms with Crippen molar-refractivity contribution in [2.45, 2.75) is 25.7 Å². The van der Waals surface area contributed by atoms with E-state index in [2.05, 4.69) is 36.4 Å². The van der Waals surface area contributed by atoms with Crippen molar-refractivity contribution >= 4 is 12.4 Å². The van der Waals surface area contributed by atoms with Crippen molar-refractivity contribution in [2.24, 2.45) is 5.73 Å². The molecule has 0 aliphatic heterocycles. The SMILES string of the molecule is Cl.NCCCCCCOc1ccccc1-c1ccccc1. The van der Waals surface area contributed by atoms with E-state index in [9.17, 15) is 0 Å². The molecule has 0 bridgehead atoms. The van der Waals surface area contributed by atoms with Crippen LogP contribution < -0.4 is 10.5 Å². The minimum absolute atomic E-state index is 0. The van der Waals surface area contributed by atoms with Crippen LogP contribution in [0.25, 0.3) is 11.1 Å². The number of benzene rings is 2. The van der Waals surface area contributed by atoms with Crippen molar-refractivity contribution in [1.29, 1.82) is 0 Å². The molecule has 2 rings (SSSR count). The van der Waals surface area contributed by atoms with Crippen LogP contribution in [0.1, 0.15) is 25.7 Å². The van der Waals surface area contributed by atoms with Crippen LogP contribution >= 0.6 is 12.4 Å². The Labute approximate surface area is 133 Å². The molecule has 2 aromatic carbocycles. The first kappa shape index (κ1) is 17.5. The lowest BCUT2D eigenvalue weighted by Crippen LogP contribution is -2.01. The van der Waals surface area contributed by atoms with Crippen molar-refractivity contribution in [3.05, 3.63) is 54.6 Å². The maximum Gasteiger partial charge on any atom is 0.127 e. The van der Waals surface area contributed by atoms with E-state index < -0.39 is 0 Å². The Kier molecular flexibility index (Phi) is 8.56. The lowest BCUT2D eigenvalue weighted by atomic mass is 10.1. The summed E-state index contributed by atoms with van der Waals surface area (Å²) in [6.07, 6.45) is 4.58. The van der Waals surface area contributed by atoms with E-state index in [0.717, 1.165) is 37.3 Å². The van der Waals surface area contributed by atoms with Crippen LogP contribution in [-0.2, 0) is 0 Å². The highest BCUT2D eigenvalue weighted by atomic mass is 35.5. The highest BCUT2D eigenvalue weighted by molar-refractivity contribution is 5.85. The zero-order valence-electron chi connectivity index (χ0n) is 12.3. The summed E-state index contributed by atoms with van der Waals surface area (Å²) >= 11 is 0. The van der Waals surface area contributed by atoms with Crippen LogP contribution in [0.5, 0.6) is 5.75 Å². The van der Waals surface area contributed by atoms with Crippen LogP contribution in [0.4, 0.5) is 0 Å². The van der Waals surface area contributed by atoms with Crippen LogP contribution in [0.2, 0.25) is 0 Å². The number of hydrogen-bond acceptors (Lipinski definition) is 2. The third-order valence-electron chi connectivity index (χ3n) is 3.33. The molecule has 0 spiro atoms. The molecule has 114 valence electrons. The van der Waals surface area contributed by atoms with Crippen molar-refractivity contribution in [1.82, 2.24) is 0 Å². The lowest BCUT2D eigenvalue weighted by molar-refractivity contribution is 0.306. The second-order valence-corrected chi connectivity index (χ2v) is 4.91. The number of unbranched alkanes of at least 4 members (excludes halogenated alkanes) is 3. The molecule has 0 atom stereocenters. The van der Waals surface area contributed by atoms with Crippen molar-refractivity contribution in [2.75, 3.05) is 13.2 Å². The minimum atomic E-state index is 0. The minimum Gasteiger partial charge on any atom is -0.493 e. The second-order valence-electron chi connectivity index (χ2n) is 4.91. The summed E-state index contributed by atoms with van der Waals surface area (Å²) in [7, 11) is 0. The zero-order chi connectivity index (χ0) is 14.0. The molecule has 0 fully saturated rings. The third-order valence-corrected chi connectivity index (χ3v) is 3.33. The average molecular weight is 306 g/mol. The van der Waals surface area contributed by atoms with Gasteiger partial charge in [-0.3, -0.25) is 0 Å². The molecule has 0 aliphatic carbocycles. The van der Waals surface area contributed by atoms with Gasteiger partial charge in [-0.2, -0.15) is 0 Å². The first-order valence-corrected chi connectivity index (χ1v) is 7.39. The molecule has 0 heterocycles. The smallest absolute Gasteiger partial charge is 0.127 e. The Hall–Kier alpha value is -1.51. The van der Waals surface area contributed by atoms with Gasteiger partial charge in [0.2, 0.25) is 0 Å². The van der Waals surface area contributed by atoms with Gasteiger partial charge >= 0.3 is 0 Å². The molecule has 2 aromatic rings. The van der Waals surface area contributed by atoms with Gasteiger partial charge in [-0.1, -0.05) is 61.4 Å². The number of ether oxygens (including phenoxy) is 1. The Bertz CT molecular complexity index is 502. The molecule has 0 saturated heterocycles. The Morgan fingerprint density at radius 1 is 0.762 bits per heavy atom. The van der Waals surface area contributed by atoms with Crippen molar-refractivity contribution < 1.29 is 4.74 Å².